The number of hydrogen-bond acceptors (Lipinski definition) is 4. The minimum Gasteiger partial charge on any atom is -0.493 e. The molecule has 0 aromatic heterocycles. The van der Waals surface area contributed by atoms with E-state index < -0.39 is 0 Å². The van der Waals surface area contributed by atoms with Gasteiger partial charge in [-0.3, -0.25) is 5.43 Å². The van der Waals surface area contributed by atoms with Gasteiger partial charge in [-0.1, -0.05) is 12.7 Å². The van der Waals surface area contributed by atoms with Crippen LogP contribution in [-0.4, -0.2) is 25.0 Å². The third-order valence-corrected chi connectivity index (χ3v) is 2.88. The third kappa shape index (κ3) is 5.03. The van der Waals surface area contributed by atoms with Crippen molar-refractivity contribution in [2.24, 2.45) is 10.8 Å². The first-order valence-corrected chi connectivity index (χ1v) is 6.77. The molecule has 0 amide bonds. The van der Waals surface area contributed by atoms with Crippen molar-refractivity contribution in [2.45, 2.75) is 0 Å². The molecule has 0 atom stereocenters. The van der Waals surface area contributed by atoms with Gasteiger partial charge in [0.2, 0.25) is 0 Å². The van der Waals surface area contributed by atoms with Crippen LogP contribution in [0.2, 0.25) is 0 Å². The van der Waals surface area contributed by atoms with E-state index in [4.69, 9.17) is 15.2 Å². The van der Waals surface area contributed by atoms with Gasteiger partial charge in [0.05, 0.1) is 16.9 Å². The molecule has 7 heteroatoms. The average Bonchev–Trinajstić information content (AvgIpc) is 2.36. The summed E-state index contributed by atoms with van der Waals surface area (Å²) in [5.74, 6) is 1.31. The molecule has 5 nitrogen and oxygen atoms in total. The third-order valence-electron chi connectivity index (χ3n) is 1.99. The number of nitrogens with one attached hydrogen (secondary N) is 1. The van der Waals surface area contributed by atoms with Gasteiger partial charge < -0.3 is 15.2 Å². The zero-order valence-electron chi connectivity index (χ0n) is 10.4. The summed E-state index contributed by atoms with van der Waals surface area (Å²) in [5, 5.41) is 4.01. The lowest BCUT2D eigenvalue weighted by molar-refractivity contribution is 0.324. The maximum Gasteiger partial charge on any atom is 0.184 e. The van der Waals surface area contributed by atoms with E-state index in [0.29, 0.717) is 18.1 Å². The van der Waals surface area contributed by atoms with Crippen LogP contribution in [0.1, 0.15) is 5.56 Å². The van der Waals surface area contributed by atoms with E-state index in [1.54, 1.807) is 19.4 Å². The lowest BCUT2D eigenvalue weighted by atomic mass is 10.2. The van der Waals surface area contributed by atoms with Crippen LogP contribution in [0.15, 0.2) is 29.9 Å². The Hall–Kier alpha value is -1.35. The fourth-order valence-electron chi connectivity index (χ4n) is 1.27. The molecule has 3 N–H and O–H groups in total. The number of nitrogens with two attached hydrogens (primary N) is 1. The van der Waals surface area contributed by atoms with Crippen LogP contribution in [-0.2, 0) is 0 Å². The van der Waals surface area contributed by atoms with E-state index in [1.165, 1.54) is 0 Å². The molecule has 0 aliphatic heterocycles. The van der Waals surface area contributed by atoms with Crippen LogP contribution in [0.5, 0.6) is 11.5 Å². The van der Waals surface area contributed by atoms with Gasteiger partial charge >= 0.3 is 0 Å². The second kappa shape index (κ2) is 7.95. The standard InChI is InChI=1S/C12H14IN3O2S/c1-3-4-18-11-9(13)5-8(6-10(11)17-2)7-15-16-12(14)19/h3,5-7H,1,4H2,2H3,(H3,14,16,19). The SMILES string of the molecule is C=CCOc1c(I)cc(C=NNC(N)=S)cc1OC. The summed E-state index contributed by atoms with van der Waals surface area (Å²) in [6.45, 7) is 4.03. The molecule has 102 valence electrons. The Balaban J connectivity index is 2.98. The van der Waals surface area contributed by atoms with Crippen molar-refractivity contribution in [3.8, 4) is 11.5 Å². The lowest BCUT2D eigenvalue weighted by Crippen LogP contribution is -2.24. The fraction of sp³-hybridized carbons (Fsp3) is 0.167. The first-order valence-electron chi connectivity index (χ1n) is 5.28. The highest BCUT2D eigenvalue weighted by Gasteiger charge is 2.10. The molecule has 0 fully saturated rings. The molecule has 0 aliphatic rings. The van der Waals surface area contributed by atoms with Gasteiger partial charge in [0.25, 0.3) is 0 Å². The minimum atomic E-state index is 0.115. The van der Waals surface area contributed by atoms with Crippen molar-refractivity contribution in [3.63, 3.8) is 0 Å². The van der Waals surface area contributed by atoms with E-state index in [9.17, 15) is 0 Å². The quantitative estimate of drug-likeness (QED) is 0.255. The van der Waals surface area contributed by atoms with Gasteiger partial charge in [-0.15, -0.1) is 0 Å². The second-order valence-electron chi connectivity index (χ2n) is 3.37. The van der Waals surface area contributed by atoms with Crippen molar-refractivity contribution in [1.29, 1.82) is 0 Å². The van der Waals surface area contributed by atoms with E-state index in [0.717, 1.165) is 9.13 Å². The molecular weight excluding hydrogens is 377 g/mol. The normalized spacial score (nSPS) is 10.2. The van der Waals surface area contributed by atoms with Crippen molar-refractivity contribution < 1.29 is 9.47 Å². The molecule has 1 aromatic carbocycles. The molecule has 1 rings (SSSR count). The first kappa shape index (κ1) is 15.7. The number of benzene rings is 1. The second-order valence-corrected chi connectivity index (χ2v) is 4.97. The summed E-state index contributed by atoms with van der Waals surface area (Å²) in [6, 6.07) is 3.72. The highest BCUT2D eigenvalue weighted by molar-refractivity contribution is 14.1. The van der Waals surface area contributed by atoms with Crippen molar-refractivity contribution >= 4 is 46.1 Å². The first-order chi connectivity index (χ1) is 9.08. The summed E-state index contributed by atoms with van der Waals surface area (Å²) in [4.78, 5) is 0. The molecule has 0 heterocycles. The molecule has 0 spiro atoms. The van der Waals surface area contributed by atoms with Crippen LogP contribution in [0.25, 0.3) is 0 Å². The fourth-order valence-corrected chi connectivity index (χ4v) is 2.10. The predicted molar refractivity (Wildman–Crippen MR) is 88.9 cm³/mol. The monoisotopic (exact) mass is 391 g/mol. The van der Waals surface area contributed by atoms with Gasteiger partial charge in [-0.25, -0.2) is 0 Å². The number of thiocarbonyl (C=S) groups is 1. The molecule has 0 bridgehead atoms. The number of methoxy groups -OCH3 is 1. The molecular formula is C12H14IN3O2S. The molecule has 0 saturated carbocycles. The summed E-state index contributed by atoms with van der Waals surface area (Å²) < 4.78 is 11.8. The van der Waals surface area contributed by atoms with Crippen LogP contribution in [0.4, 0.5) is 0 Å². The summed E-state index contributed by atoms with van der Waals surface area (Å²) in [6.07, 6.45) is 3.28. The zero-order chi connectivity index (χ0) is 14.3. The summed E-state index contributed by atoms with van der Waals surface area (Å²) in [5.41, 5.74) is 8.61. The summed E-state index contributed by atoms with van der Waals surface area (Å²) in [7, 11) is 1.58. The molecule has 19 heavy (non-hydrogen) atoms. The van der Waals surface area contributed by atoms with Crippen LogP contribution >= 0.6 is 34.8 Å². The van der Waals surface area contributed by atoms with Gasteiger partial charge in [-0.2, -0.15) is 5.10 Å². The van der Waals surface area contributed by atoms with Crippen molar-refractivity contribution in [1.82, 2.24) is 5.43 Å². The lowest BCUT2D eigenvalue weighted by Gasteiger charge is -2.12. The Morgan fingerprint density at radius 2 is 2.37 bits per heavy atom. The highest BCUT2D eigenvalue weighted by Crippen LogP contribution is 2.33. The van der Waals surface area contributed by atoms with E-state index in [-0.39, 0.29) is 5.11 Å². The van der Waals surface area contributed by atoms with E-state index in [1.807, 2.05) is 12.1 Å². The number of halogens is 1. The number of ether oxygens (including phenoxy) is 2. The van der Waals surface area contributed by atoms with Crippen molar-refractivity contribution in [2.75, 3.05) is 13.7 Å². The predicted octanol–water partition coefficient (Wildman–Crippen LogP) is 2.03. The van der Waals surface area contributed by atoms with Gasteiger partial charge in [0.15, 0.2) is 16.6 Å². The van der Waals surface area contributed by atoms with Crippen LogP contribution in [0.3, 0.4) is 0 Å². The number of nitrogens with zero attached hydrogens (tertiary/aromatic N) is 1. The maximum absolute atomic E-state index is 5.55. The number of hydrogen-bond donors (Lipinski definition) is 2. The molecule has 0 radical (unpaired) electrons. The van der Waals surface area contributed by atoms with Crippen LogP contribution in [0, 0.1) is 3.57 Å². The molecule has 0 saturated heterocycles. The average molecular weight is 391 g/mol. The number of hydrazone groups is 1. The van der Waals surface area contributed by atoms with E-state index >= 15 is 0 Å². The minimum absolute atomic E-state index is 0.115. The van der Waals surface area contributed by atoms with Crippen LogP contribution < -0.4 is 20.6 Å². The molecule has 1 aromatic rings. The van der Waals surface area contributed by atoms with Gasteiger partial charge in [0.1, 0.15) is 6.61 Å². The molecule has 0 aliphatic carbocycles. The Kier molecular flexibility index (Phi) is 6.57. The Labute approximate surface area is 131 Å². The Bertz CT molecular complexity index is 506. The van der Waals surface area contributed by atoms with E-state index in [2.05, 4.69) is 51.9 Å². The number of rotatable bonds is 6. The maximum atomic E-state index is 5.55. The topological polar surface area (TPSA) is 68.9 Å². The Morgan fingerprint density at radius 1 is 1.63 bits per heavy atom. The molecule has 0 unspecified atom stereocenters. The smallest absolute Gasteiger partial charge is 0.184 e. The van der Waals surface area contributed by atoms with Gasteiger partial charge in [0, 0.05) is 0 Å². The Morgan fingerprint density at radius 3 is 2.95 bits per heavy atom. The largest absolute Gasteiger partial charge is 0.493 e. The zero-order valence-corrected chi connectivity index (χ0v) is 13.3. The van der Waals surface area contributed by atoms with Gasteiger partial charge in [-0.05, 0) is 52.5 Å². The van der Waals surface area contributed by atoms with Crippen molar-refractivity contribution in [3.05, 3.63) is 33.9 Å². The summed E-state index contributed by atoms with van der Waals surface area (Å²) >= 11 is 6.82. The highest BCUT2D eigenvalue weighted by atomic mass is 127.